The second kappa shape index (κ2) is 7.14. The molecule has 1 aromatic carbocycles. The summed E-state index contributed by atoms with van der Waals surface area (Å²) in [6.45, 7) is 3.04. The van der Waals surface area contributed by atoms with Crippen molar-refractivity contribution < 1.29 is 14.4 Å². The topological polar surface area (TPSA) is 83.4 Å². The van der Waals surface area contributed by atoms with Crippen LogP contribution >= 0.6 is 23.6 Å². The van der Waals surface area contributed by atoms with Gasteiger partial charge in [0, 0.05) is 18.5 Å². The molecular weight excluding hydrogens is 396 g/mol. The number of aryl methyl sites for hydroxylation is 1. The van der Waals surface area contributed by atoms with E-state index in [1.54, 1.807) is 4.90 Å². The van der Waals surface area contributed by atoms with Gasteiger partial charge in [-0.05, 0) is 37.5 Å². The third kappa shape index (κ3) is 3.35. The number of likely N-dealkylation sites (tertiary alicyclic amines) is 1. The maximum atomic E-state index is 12.9. The standard InChI is InChI=1S/C19H20N4O3S2/c1-12-2-4-13(5-3-12)14-11-28-18(27)23(14)10-15(24)22-8-6-19(7-9-22)16(25)20-17(26)21-19/h2-5,11H,6-10H2,1H3,(H2,20,21,25,26). The summed E-state index contributed by atoms with van der Waals surface area (Å²) in [5.41, 5.74) is 2.25. The molecule has 4 rings (SSSR count). The van der Waals surface area contributed by atoms with Crippen LogP contribution in [0.2, 0.25) is 0 Å². The number of aromatic nitrogens is 1. The molecule has 3 heterocycles. The Morgan fingerprint density at radius 2 is 1.89 bits per heavy atom. The second-order valence-electron chi connectivity index (χ2n) is 7.21. The Labute approximate surface area is 171 Å². The van der Waals surface area contributed by atoms with Gasteiger partial charge in [-0.1, -0.05) is 29.8 Å². The van der Waals surface area contributed by atoms with E-state index in [0.29, 0.717) is 29.9 Å². The van der Waals surface area contributed by atoms with Gasteiger partial charge in [0.05, 0.1) is 5.69 Å². The number of thiazole rings is 1. The Morgan fingerprint density at radius 1 is 1.21 bits per heavy atom. The number of carbonyl (C=O) groups excluding carboxylic acids is 3. The monoisotopic (exact) mass is 416 g/mol. The summed E-state index contributed by atoms with van der Waals surface area (Å²) in [5.74, 6) is -0.339. The summed E-state index contributed by atoms with van der Waals surface area (Å²) in [5, 5.41) is 6.97. The van der Waals surface area contributed by atoms with E-state index >= 15 is 0 Å². The number of nitrogens with one attached hydrogen (secondary N) is 2. The molecule has 2 N–H and O–H groups in total. The Hall–Kier alpha value is -2.52. The van der Waals surface area contributed by atoms with Crippen molar-refractivity contribution in [3.8, 4) is 11.3 Å². The number of carbonyl (C=O) groups is 3. The second-order valence-corrected chi connectivity index (χ2v) is 8.71. The highest BCUT2D eigenvalue weighted by Crippen LogP contribution is 2.27. The first-order valence-electron chi connectivity index (χ1n) is 9.05. The number of rotatable bonds is 3. The number of hydrogen-bond acceptors (Lipinski definition) is 5. The van der Waals surface area contributed by atoms with Gasteiger partial charge in [0.1, 0.15) is 12.1 Å². The SMILES string of the molecule is Cc1ccc(-c2csc(=S)n2CC(=O)N2CCC3(CC2)NC(=O)NC3=O)cc1. The summed E-state index contributed by atoms with van der Waals surface area (Å²) in [6, 6.07) is 7.66. The molecule has 0 unspecified atom stereocenters. The molecule has 28 heavy (non-hydrogen) atoms. The first-order valence-corrected chi connectivity index (χ1v) is 10.3. The third-order valence-corrected chi connectivity index (χ3v) is 6.68. The highest BCUT2D eigenvalue weighted by Gasteiger charge is 2.48. The van der Waals surface area contributed by atoms with Gasteiger partial charge in [0.2, 0.25) is 5.91 Å². The lowest BCUT2D eigenvalue weighted by molar-refractivity contribution is -0.136. The number of urea groups is 1. The zero-order valence-corrected chi connectivity index (χ0v) is 17.0. The van der Waals surface area contributed by atoms with Crippen molar-refractivity contribution in [2.75, 3.05) is 13.1 Å². The molecule has 2 aliphatic rings. The molecular formula is C19H20N4O3S2. The highest BCUT2D eigenvalue weighted by molar-refractivity contribution is 7.73. The van der Waals surface area contributed by atoms with E-state index in [-0.39, 0.29) is 18.4 Å². The smallest absolute Gasteiger partial charge is 0.322 e. The van der Waals surface area contributed by atoms with E-state index in [2.05, 4.69) is 10.6 Å². The Balaban J connectivity index is 1.47. The molecule has 146 valence electrons. The predicted molar refractivity (Wildman–Crippen MR) is 109 cm³/mol. The number of benzene rings is 1. The summed E-state index contributed by atoms with van der Waals surface area (Å²) in [6.07, 6.45) is 0.826. The molecule has 2 saturated heterocycles. The van der Waals surface area contributed by atoms with Gasteiger partial charge in [0.25, 0.3) is 5.91 Å². The highest BCUT2D eigenvalue weighted by atomic mass is 32.1. The average Bonchev–Trinajstić information content (AvgIpc) is 3.16. The minimum atomic E-state index is -0.875. The van der Waals surface area contributed by atoms with E-state index in [9.17, 15) is 14.4 Å². The maximum absolute atomic E-state index is 12.9. The lowest BCUT2D eigenvalue weighted by Crippen LogP contribution is -2.56. The lowest BCUT2D eigenvalue weighted by Gasteiger charge is -2.37. The number of imide groups is 1. The van der Waals surface area contributed by atoms with Crippen LogP contribution < -0.4 is 10.6 Å². The van der Waals surface area contributed by atoms with Crippen molar-refractivity contribution in [1.82, 2.24) is 20.1 Å². The van der Waals surface area contributed by atoms with Gasteiger partial charge < -0.3 is 14.8 Å². The molecule has 0 aliphatic carbocycles. The van der Waals surface area contributed by atoms with Gasteiger partial charge >= 0.3 is 6.03 Å². The minimum absolute atomic E-state index is 0.0394. The van der Waals surface area contributed by atoms with Gasteiger partial charge in [0.15, 0.2) is 3.95 Å². The minimum Gasteiger partial charge on any atom is -0.341 e. The molecule has 1 aromatic heterocycles. The molecule has 0 radical (unpaired) electrons. The first-order chi connectivity index (χ1) is 13.4. The lowest BCUT2D eigenvalue weighted by atomic mass is 9.87. The van der Waals surface area contributed by atoms with Crippen LogP contribution in [0.15, 0.2) is 29.6 Å². The molecule has 0 saturated carbocycles. The van der Waals surface area contributed by atoms with E-state index in [1.807, 2.05) is 41.1 Å². The van der Waals surface area contributed by atoms with Crippen LogP contribution in [0.5, 0.6) is 0 Å². The largest absolute Gasteiger partial charge is 0.341 e. The van der Waals surface area contributed by atoms with E-state index in [4.69, 9.17) is 12.2 Å². The normalized spacial score (nSPS) is 18.2. The van der Waals surface area contributed by atoms with Crippen molar-refractivity contribution in [3.05, 3.63) is 39.2 Å². The number of nitrogens with zero attached hydrogens (tertiary/aromatic N) is 2. The predicted octanol–water partition coefficient (Wildman–Crippen LogP) is 2.46. The van der Waals surface area contributed by atoms with Crippen LogP contribution in [-0.4, -0.2) is 45.9 Å². The van der Waals surface area contributed by atoms with Crippen molar-refractivity contribution in [2.24, 2.45) is 0 Å². The zero-order chi connectivity index (χ0) is 19.9. The molecule has 7 nitrogen and oxygen atoms in total. The quantitative estimate of drug-likeness (QED) is 0.595. The van der Waals surface area contributed by atoms with Crippen LogP contribution in [0.3, 0.4) is 0 Å². The summed E-state index contributed by atoms with van der Waals surface area (Å²) >= 11 is 6.88. The fourth-order valence-corrected chi connectivity index (χ4v) is 4.76. The molecule has 2 aromatic rings. The van der Waals surface area contributed by atoms with E-state index in [0.717, 1.165) is 11.3 Å². The van der Waals surface area contributed by atoms with Gasteiger partial charge in [-0.25, -0.2) is 4.79 Å². The van der Waals surface area contributed by atoms with Crippen LogP contribution in [0.1, 0.15) is 18.4 Å². The fraction of sp³-hybridized carbons (Fsp3) is 0.368. The maximum Gasteiger partial charge on any atom is 0.322 e. The number of hydrogen-bond donors (Lipinski definition) is 2. The van der Waals surface area contributed by atoms with Crippen LogP contribution in [0, 0.1) is 10.9 Å². The van der Waals surface area contributed by atoms with Crippen molar-refractivity contribution in [1.29, 1.82) is 0 Å². The fourth-order valence-electron chi connectivity index (χ4n) is 3.68. The third-order valence-electron chi connectivity index (χ3n) is 5.41. The first kappa shape index (κ1) is 18.8. The van der Waals surface area contributed by atoms with Gasteiger partial charge in [-0.3, -0.25) is 14.9 Å². The number of piperidine rings is 1. The van der Waals surface area contributed by atoms with Gasteiger partial charge in [-0.2, -0.15) is 0 Å². The Bertz CT molecular complexity index is 1000. The molecule has 1 spiro atoms. The van der Waals surface area contributed by atoms with Crippen molar-refractivity contribution >= 4 is 41.4 Å². The zero-order valence-electron chi connectivity index (χ0n) is 15.4. The molecule has 2 fully saturated rings. The Kier molecular flexibility index (Phi) is 4.80. The van der Waals surface area contributed by atoms with Crippen LogP contribution in [0.25, 0.3) is 11.3 Å². The van der Waals surface area contributed by atoms with Crippen LogP contribution in [-0.2, 0) is 16.1 Å². The molecule has 4 amide bonds. The summed E-state index contributed by atoms with van der Waals surface area (Å²) in [4.78, 5) is 38.1. The van der Waals surface area contributed by atoms with Crippen molar-refractivity contribution in [2.45, 2.75) is 31.8 Å². The molecule has 9 heteroatoms. The summed E-state index contributed by atoms with van der Waals surface area (Å²) in [7, 11) is 0. The molecule has 2 aliphatic heterocycles. The number of amides is 4. The van der Waals surface area contributed by atoms with E-state index < -0.39 is 11.6 Å². The molecule has 0 atom stereocenters. The summed E-state index contributed by atoms with van der Waals surface area (Å²) < 4.78 is 2.52. The molecule has 0 bridgehead atoms. The van der Waals surface area contributed by atoms with Crippen molar-refractivity contribution in [3.63, 3.8) is 0 Å². The average molecular weight is 417 g/mol. The van der Waals surface area contributed by atoms with Crippen LogP contribution in [0.4, 0.5) is 4.79 Å². The van der Waals surface area contributed by atoms with E-state index in [1.165, 1.54) is 16.9 Å². The van der Waals surface area contributed by atoms with Gasteiger partial charge in [-0.15, -0.1) is 11.3 Å². The Morgan fingerprint density at radius 3 is 2.50 bits per heavy atom.